The maximum absolute atomic E-state index is 13.9. The molecule has 30 heavy (non-hydrogen) atoms. The van der Waals surface area contributed by atoms with E-state index in [1.165, 1.54) is 6.07 Å². The summed E-state index contributed by atoms with van der Waals surface area (Å²) < 4.78 is 15.7. The molecule has 1 fully saturated rings. The molecule has 3 heterocycles. The van der Waals surface area contributed by atoms with E-state index >= 15 is 0 Å². The number of para-hydroxylation sites is 1. The zero-order valence-corrected chi connectivity index (χ0v) is 16.2. The molecule has 7 nitrogen and oxygen atoms in total. The standard InChI is InChI=1S/C22H19FN4O3/c1-26-11-9-24-19(26)18-22(14-4-2-3-5-16(14)25-21(22)30)8-10-27(18)20(29)13-6-7-17(28)15(23)12-13/h2-7,9,11-12,18,28H,8,10H2,1H3,(H,25,30). The van der Waals surface area contributed by atoms with Gasteiger partial charge >= 0.3 is 0 Å². The van der Waals surface area contributed by atoms with Crippen molar-refractivity contribution in [2.75, 3.05) is 11.9 Å². The van der Waals surface area contributed by atoms with Crippen molar-refractivity contribution in [2.45, 2.75) is 17.9 Å². The number of aromatic hydroxyl groups is 1. The van der Waals surface area contributed by atoms with Crippen LogP contribution in [-0.2, 0) is 17.3 Å². The molecule has 1 aromatic heterocycles. The van der Waals surface area contributed by atoms with Crippen LogP contribution in [-0.4, -0.2) is 37.9 Å². The first-order valence-corrected chi connectivity index (χ1v) is 9.61. The number of likely N-dealkylation sites (tertiary alicyclic amines) is 1. The van der Waals surface area contributed by atoms with Gasteiger partial charge in [-0.1, -0.05) is 18.2 Å². The van der Waals surface area contributed by atoms with Crippen LogP contribution < -0.4 is 5.32 Å². The van der Waals surface area contributed by atoms with Crippen LogP contribution in [0.4, 0.5) is 10.1 Å². The normalized spacial score (nSPS) is 22.4. The summed E-state index contributed by atoms with van der Waals surface area (Å²) in [5.41, 5.74) is 0.677. The smallest absolute Gasteiger partial charge is 0.254 e. The number of hydrogen-bond donors (Lipinski definition) is 2. The molecule has 3 aromatic rings. The average molecular weight is 406 g/mol. The Labute approximate surface area is 171 Å². The van der Waals surface area contributed by atoms with Gasteiger partial charge in [0.05, 0.1) is 0 Å². The van der Waals surface area contributed by atoms with Crippen molar-refractivity contribution in [1.29, 1.82) is 0 Å². The van der Waals surface area contributed by atoms with Crippen molar-refractivity contribution in [3.8, 4) is 5.75 Å². The highest BCUT2D eigenvalue weighted by Gasteiger charge is 2.60. The molecule has 152 valence electrons. The average Bonchev–Trinajstić information content (AvgIpc) is 3.41. The zero-order valence-electron chi connectivity index (χ0n) is 16.2. The summed E-state index contributed by atoms with van der Waals surface area (Å²) in [5, 5.41) is 12.4. The van der Waals surface area contributed by atoms with E-state index < -0.39 is 28.9 Å². The number of benzene rings is 2. The minimum Gasteiger partial charge on any atom is -0.505 e. The lowest BCUT2D eigenvalue weighted by Crippen LogP contribution is -2.43. The van der Waals surface area contributed by atoms with Crippen molar-refractivity contribution in [3.63, 3.8) is 0 Å². The number of hydrogen-bond acceptors (Lipinski definition) is 4. The van der Waals surface area contributed by atoms with Gasteiger partial charge in [0.25, 0.3) is 5.91 Å². The highest BCUT2D eigenvalue weighted by molar-refractivity contribution is 6.08. The van der Waals surface area contributed by atoms with Gasteiger partial charge in [-0.05, 0) is 36.2 Å². The van der Waals surface area contributed by atoms with Gasteiger partial charge in [-0.3, -0.25) is 9.59 Å². The fourth-order valence-corrected chi connectivity index (χ4v) is 4.71. The number of fused-ring (bicyclic) bond motifs is 2. The van der Waals surface area contributed by atoms with Gasteiger partial charge in [0.2, 0.25) is 5.91 Å². The molecule has 0 aliphatic carbocycles. The van der Waals surface area contributed by atoms with Gasteiger partial charge in [-0.15, -0.1) is 0 Å². The molecule has 2 aromatic carbocycles. The number of phenolic OH excluding ortho intramolecular Hbond substituents is 1. The largest absolute Gasteiger partial charge is 0.505 e. The van der Waals surface area contributed by atoms with E-state index in [-0.39, 0.29) is 11.5 Å². The molecule has 8 heteroatoms. The van der Waals surface area contributed by atoms with Crippen LogP contribution in [0.15, 0.2) is 54.9 Å². The zero-order chi connectivity index (χ0) is 21.0. The van der Waals surface area contributed by atoms with Gasteiger partial charge < -0.3 is 19.9 Å². The van der Waals surface area contributed by atoms with E-state index in [1.807, 2.05) is 31.3 Å². The van der Waals surface area contributed by atoms with Crippen LogP contribution in [0.25, 0.3) is 0 Å². The Bertz CT molecular complexity index is 1190. The first kappa shape index (κ1) is 18.4. The van der Waals surface area contributed by atoms with Crippen LogP contribution in [0.5, 0.6) is 5.75 Å². The van der Waals surface area contributed by atoms with Crippen LogP contribution >= 0.6 is 0 Å². The van der Waals surface area contributed by atoms with E-state index in [0.29, 0.717) is 18.8 Å². The number of carbonyl (C=O) groups excluding carboxylic acids is 2. The van der Waals surface area contributed by atoms with Crippen molar-refractivity contribution in [2.24, 2.45) is 7.05 Å². The molecule has 2 amide bonds. The third-order valence-electron chi connectivity index (χ3n) is 6.15. The molecule has 5 rings (SSSR count). The number of imidazole rings is 1. The highest BCUT2D eigenvalue weighted by Crippen LogP contribution is 2.54. The fraction of sp³-hybridized carbons (Fsp3) is 0.227. The lowest BCUT2D eigenvalue weighted by atomic mass is 9.74. The van der Waals surface area contributed by atoms with Crippen molar-refractivity contribution < 1.29 is 19.1 Å². The third-order valence-corrected chi connectivity index (χ3v) is 6.15. The van der Waals surface area contributed by atoms with Crippen LogP contribution in [0, 0.1) is 5.82 Å². The predicted molar refractivity (Wildman–Crippen MR) is 106 cm³/mol. The molecule has 1 spiro atoms. The lowest BCUT2D eigenvalue weighted by molar-refractivity contribution is -0.121. The van der Waals surface area contributed by atoms with Crippen molar-refractivity contribution in [3.05, 3.63) is 77.6 Å². The number of amides is 2. The van der Waals surface area contributed by atoms with Gasteiger partial charge in [0.15, 0.2) is 11.6 Å². The predicted octanol–water partition coefficient (Wildman–Crippen LogP) is 2.74. The minimum atomic E-state index is -0.985. The van der Waals surface area contributed by atoms with E-state index in [4.69, 9.17) is 0 Å². The van der Waals surface area contributed by atoms with Crippen LogP contribution in [0.3, 0.4) is 0 Å². The van der Waals surface area contributed by atoms with Gasteiger partial charge in [0, 0.05) is 37.2 Å². The Morgan fingerprint density at radius 3 is 2.83 bits per heavy atom. The Hall–Kier alpha value is -3.68. The lowest BCUT2D eigenvalue weighted by Gasteiger charge is -2.33. The second kappa shape index (κ2) is 6.41. The maximum Gasteiger partial charge on any atom is 0.254 e. The Kier molecular flexibility index (Phi) is 3.92. The number of aromatic nitrogens is 2. The summed E-state index contributed by atoms with van der Waals surface area (Å²) in [7, 11) is 1.82. The molecule has 1 saturated heterocycles. The molecule has 0 bridgehead atoms. The Morgan fingerprint density at radius 1 is 1.30 bits per heavy atom. The SMILES string of the molecule is Cn1ccnc1C1N(C(=O)c2ccc(O)c(F)c2)CCC12C(=O)Nc1ccccc12. The second-order valence-electron chi connectivity index (χ2n) is 7.68. The van der Waals surface area contributed by atoms with Crippen LogP contribution in [0.1, 0.15) is 34.2 Å². The summed E-state index contributed by atoms with van der Waals surface area (Å²) >= 11 is 0. The number of nitrogens with zero attached hydrogens (tertiary/aromatic N) is 3. The second-order valence-corrected chi connectivity index (χ2v) is 7.68. The van der Waals surface area contributed by atoms with Crippen LogP contribution in [0.2, 0.25) is 0 Å². The number of anilines is 1. The molecule has 2 aliphatic heterocycles. The van der Waals surface area contributed by atoms with Gasteiger partial charge in [-0.2, -0.15) is 0 Å². The maximum atomic E-state index is 13.9. The quantitative estimate of drug-likeness (QED) is 0.685. The summed E-state index contributed by atoms with van der Waals surface area (Å²) in [4.78, 5) is 32.7. The van der Waals surface area contributed by atoms with Crippen molar-refractivity contribution >= 4 is 17.5 Å². The summed E-state index contributed by atoms with van der Waals surface area (Å²) in [6.07, 6.45) is 3.81. The summed E-state index contributed by atoms with van der Waals surface area (Å²) in [5.74, 6) is -1.41. The first-order valence-electron chi connectivity index (χ1n) is 9.61. The Morgan fingerprint density at radius 2 is 2.10 bits per heavy atom. The first-order chi connectivity index (χ1) is 14.4. The summed E-state index contributed by atoms with van der Waals surface area (Å²) in [6.45, 7) is 0.306. The van der Waals surface area contributed by atoms with E-state index in [1.54, 1.807) is 21.9 Å². The van der Waals surface area contributed by atoms with E-state index in [0.717, 1.165) is 23.4 Å². The number of rotatable bonds is 2. The number of carbonyl (C=O) groups is 2. The molecule has 2 unspecified atom stereocenters. The van der Waals surface area contributed by atoms with E-state index in [9.17, 15) is 19.1 Å². The summed E-state index contributed by atoms with van der Waals surface area (Å²) in [6, 6.07) is 10.4. The van der Waals surface area contributed by atoms with Gasteiger partial charge in [0.1, 0.15) is 17.3 Å². The molecular weight excluding hydrogens is 387 g/mol. The van der Waals surface area contributed by atoms with Crippen molar-refractivity contribution in [1.82, 2.24) is 14.5 Å². The molecule has 0 saturated carbocycles. The molecule has 0 radical (unpaired) electrons. The molecule has 2 aliphatic rings. The third kappa shape index (κ3) is 2.39. The molecule has 2 N–H and O–H groups in total. The number of halogens is 1. The number of phenols is 1. The van der Waals surface area contributed by atoms with Gasteiger partial charge in [-0.25, -0.2) is 9.37 Å². The topological polar surface area (TPSA) is 87.5 Å². The minimum absolute atomic E-state index is 0.105. The number of aryl methyl sites for hydroxylation is 1. The van der Waals surface area contributed by atoms with E-state index in [2.05, 4.69) is 10.3 Å². The molecular formula is C22H19FN4O3. The Balaban J connectivity index is 1.67. The highest BCUT2D eigenvalue weighted by atomic mass is 19.1. The monoisotopic (exact) mass is 406 g/mol. The fourth-order valence-electron chi connectivity index (χ4n) is 4.71. The molecule has 2 atom stereocenters. The number of nitrogens with one attached hydrogen (secondary N) is 1.